The lowest BCUT2D eigenvalue weighted by Crippen LogP contribution is -2.43. The van der Waals surface area contributed by atoms with E-state index >= 15 is 0 Å². The molecule has 0 radical (unpaired) electrons. The van der Waals surface area contributed by atoms with Crippen LogP contribution < -0.4 is 25.4 Å². The molecular weight excluding hydrogens is 577 g/mol. The van der Waals surface area contributed by atoms with Crippen molar-refractivity contribution in [3.8, 4) is 11.6 Å². The number of rotatable bonds is 8. The lowest BCUT2D eigenvalue weighted by Gasteiger charge is -2.29. The molecule has 1 saturated heterocycles. The summed E-state index contributed by atoms with van der Waals surface area (Å²) in [6, 6.07) is 11.4. The number of amides is 2. The molecule has 5 rings (SSSR count). The Hall–Kier alpha value is -4.39. The van der Waals surface area contributed by atoms with Gasteiger partial charge in [0.2, 0.25) is 17.7 Å². The molecule has 2 aromatic carbocycles. The van der Waals surface area contributed by atoms with Crippen LogP contribution in [0.1, 0.15) is 60.3 Å². The van der Waals surface area contributed by atoms with Gasteiger partial charge in [-0.1, -0.05) is 31.7 Å². The molecule has 0 bridgehead atoms. The van der Waals surface area contributed by atoms with E-state index in [0.717, 1.165) is 37.1 Å². The molecule has 1 fully saturated rings. The number of carbonyl (C=O) groups is 2. The number of alkyl halides is 3. The Morgan fingerprint density at radius 2 is 1.80 bits per heavy atom. The molecule has 44 heavy (non-hydrogen) atoms. The minimum atomic E-state index is -4.79. The fourth-order valence-corrected chi connectivity index (χ4v) is 5.39. The molecule has 2 heterocycles. The second-order valence-corrected chi connectivity index (χ2v) is 10.7. The summed E-state index contributed by atoms with van der Waals surface area (Å²) in [6.07, 6.45) is -2.98. The second kappa shape index (κ2) is 13.5. The number of hydrogen-bond donors (Lipinski definition) is 3. The average Bonchev–Trinajstić information content (AvgIpc) is 3.30. The van der Waals surface area contributed by atoms with E-state index in [1.165, 1.54) is 14.0 Å². The molecule has 0 unspecified atom stereocenters. The van der Waals surface area contributed by atoms with Crippen LogP contribution in [-0.2, 0) is 17.4 Å². The van der Waals surface area contributed by atoms with Gasteiger partial charge in [-0.25, -0.2) is 4.98 Å². The van der Waals surface area contributed by atoms with Gasteiger partial charge in [-0.3, -0.25) is 9.59 Å². The first-order valence-corrected chi connectivity index (χ1v) is 13.9. The third-order valence-electron chi connectivity index (χ3n) is 7.63. The van der Waals surface area contributed by atoms with Gasteiger partial charge in [0.25, 0.3) is 5.91 Å². The van der Waals surface area contributed by atoms with Gasteiger partial charge in [0.1, 0.15) is 17.4 Å². The van der Waals surface area contributed by atoms with Crippen molar-refractivity contribution >= 4 is 23.5 Å². The molecule has 0 saturated carbocycles. The van der Waals surface area contributed by atoms with E-state index in [2.05, 4.69) is 30.8 Å². The van der Waals surface area contributed by atoms with E-state index in [1.807, 2.05) is 19.2 Å². The third-order valence-corrected chi connectivity index (χ3v) is 7.63. The zero-order valence-electron chi connectivity index (χ0n) is 24.0. The Kier molecular flexibility index (Phi) is 9.98. The zero-order valence-corrected chi connectivity index (χ0v) is 24.0. The molecule has 10 nitrogen and oxygen atoms in total. The molecule has 2 aliphatic rings. The number of anilines is 2. The van der Waals surface area contributed by atoms with Gasteiger partial charge in [-0.2, -0.15) is 18.2 Å². The zero-order chi connectivity index (χ0) is 30.7. The number of nitrogens with one attached hydrogen (secondary N) is 3. The molecule has 3 aromatic rings. The highest BCUT2D eigenvalue weighted by Crippen LogP contribution is 2.40. The first kappa shape index (κ1) is 32.5. The first-order chi connectivity index (χ1) is 20.5. The van der Waals surface area contributed by atoms with Crippen molar-refractivity contribution in [3.05, 3.63) is 70.9 Å². The number of benzene rings is 2. The van der Waals surface area contributed by atoms with Crippen molar-refractivity contribution in [1.29, 1.82) is 0 Å². The molecule has 1 aliphatic carbocycles. The molecular formula is C31H37F3N6O4. The highest BCUT2D eigenvalue weighted by atomic mass is 19.4. The van der Waals surface area contributed by atoms with Gasteiger partial charge in [0.15, 0.2) is 0 Å². The molecule has 2 amide bonds. The number of likely N-dealkylation sites (tertiary alicyclic amines) is 1. The number of aromatic nitrogens is 2. The summed E-state index contributed by atoms with van der Waals surface area (Å²) in [5.41, 5.74) is 1.20. The fourth-order valence-electron chi connectivity index (χ4n) is 5.39. The largest absolute Gasteiger partial charge is 0.495 e. The number of nitrogens with zero attached hydrogens (tertiary/aromatic N) is 3. The van der Waals surface area contributed by atoms with Gasteiger partial charge in [0, 0.05) is 31.1 Å². The van der Waals surface area contributed by atoms with E-state index in [-0.39, 0.29) is 43.4 Å². The van der Waals surface area contributed by atoms with Gasteiger partial charge in [-0.15, -0.1) is 0 Å². The molecule has 236 valence electrons. The quantitative estimate of drug-likeness (QED) is 0.329. The van der Waals surface area contributed by atoms with Crippen molar-refractivity contribution in [2.45, 2.75) is 58.0 Å². The van der Waals surface area contributed by atoms with Gasteiger partial charge in [-0.05, 0) is 62.3 Å². The normalized spacial score (nSPS) is 18.5. The summed E-state index contributed by atoms with van der Waals surface area (Å²) in [4.78, 5) is 34.9. The number of methoxy groups -OCH3 is 1. The van der Waals surface area contributed by atoms with Crippen molar-refractivity contribution in [2.24, 2.45) is 0 Å². The Balaban J connectivity index is 0.00000442. The van der Waals surface area contributed by atoms with Crippen molar-refractivity contribution in [3.63, 3.8) is 0 Å². The Labute approximate surface area is 254 Å². The number of hydrogen-bond acceptors (Lipinski definition) is 8. The number of piperidine rings is 1. The lowest BCUT2D eigenvalue weighted by molar-refractivity contribution is -0.140. The summed E-state index contributed by atoms with van der Waals surface area (Å²) in [7, 11) is 3.46. The smallest absolute Gasteiger partial charge is 0.423 e. The van der Waals surface area contributed by atoms with Crippen molar-refractivity contribution in [1.82, 2.24) is 25.5 Å². The summed E-state index contributed by atoms with van der Waals surface area (Å²) < 4.78 is 53.2. The molecule has 0 spiro atoms. The summed E-state index contributed by atoms with van der Waals surface area (Å²) in [5.74, 6) is -1.15. The first-order valence-electron chi connectivity index (χ1n) is 13.9. The van der Waals surface area contributed by atoms with Crippen LogP contribution in [0.15, 0.2) is 48.7 Å². The molecule has 3 N–H and O–H groups in total. The van der Waals surface area contributed by atoms with Crippen LogP contribution in [0.3, 0.4) is 0 Å². The molecule has 1 aliphatic heterocycles. The number of fused-ring (bicyclic) bond motifs is 1. The fraction of sp³-hybridized carbons (Fsp3) is 0.419. The van der Waals surface area contributed by atoms with Crippen LogP contribution in [0.25, 0.3) is 0 Å². The summed E-state index contributed by atoms with van der Waals surface area (Å²) >= 11 is 0. The maximum Gasteiger partial charge on any atom is 0.423 e. The van der Waals surface area contributed by atoms with Crippen LogP contribution in [0, 0.1) is 0 Å². The maximum atomic E-state index is 14.0. The summed E-state index contributed by atoms with van der Waals surface area (Å²) in [6.45, 7) is 3.14. The maximum absolute atomic E-state index is 14.0. The van der Waals surface area contributed by atoms with E-state index in [0.29, 0.717) is 17.4 Å². The number of carbonyl (C=O) groups excluding carboxylic acids is 2. The molecule has 2 atom stereocenters. The SMILES string of the molecule is C.COc1cc(C(=O)NC2CCN(C)CC2)ccc1Nc1ncc(C(F)(F)F)c(O[C@@H]2Cc3ccccc3[C@@H]2NC(C)=O)n1. The van der Waals surface area contributed by atoms with Crippen LogP contribution >= 0.6 is 0 Å². The topological polar surface area (TPSA) is 118 Å². The highest BCUT2D eigenvalue weighted by molar-refractivity contribution is 5.95. The number of halogens is 3. The Morgan fingerprint density at radius 3 is 2.48 bits per heavy atom. The highest BCUT2D eigenvalue weighted by Gasteiger charge is 2.40. The summed E-state index contributed by atoms with van der Waals surface area (Å²) in [5, 5.41) is 8.71. The third kappa shape index (κ3) is 7.39. The predicted octanol–water partition coefficient (Wildman–Crippen LogP) is 4.89. The van der Waals surface area contributed by atoms with E-state index in [9.17, 15) is 22.8 Å². The van der Waals surface area contributed by atoms with Crippen LogP contribution in [0.2, 0.25) is 0 Å². The van der Waals surface area contributed by atoms with Crippen LogP contribution in [-0.4, -0.2) is 66.1 Å². The second-order valence-electron chi connectivity index (χ2n) is 10.7. The van der Waals surface area contributed by atoms with Gasteiger partial charge >= 0.3 is 6.18 Å². The lowest BCUT2D eigenvalue weighted by atomic mass is 10.0. The van der Waals surface area contributed by atoms with E-state index < -0.39 is 29.8 Å². The molecule has 1 aromatic heterocycles. The van der Waals surface area contributed by atoms with Gasteiger partial charge < -0.3 is 30.3 Å². The van der Waals surface area contributed by atoms with E-state index in [1.54, 1.807) is 30.3 Å². The van der Waals surface area contributed by atoms with Crippen LogP contribution in [0.4, 0.5) is 24.8 Å². The Morgan fingerprint density at radius 1 is 1.07 bits per heavy atom. The monoisotopic (exact) mass is 614 g/mol. The minimum Gasteiger partial charge on any atom is -0.495 e. The standard InChI is InChI=1S/C30H33F3N6O4.CH4/c1-17(40)35-26-21-7-5-4-6-18(21)14-25(26)43-28-22(30(31,32)33)16-34-29(38-28)37-23-9-8-19(15-24(23)42-3)27(41)36-20-10-12-39(2)13-11-20;/h4-9,15-16,20,25-26H,10-14H2,1-3H3,(H,35,40)(H,36,41)(H,34,37,38);1H4/t25-,26+;/m1./s1. The average molecular weight is 615 g/mol. The number of ether oxygens (including phenoxy) is 2. The van der Waals surface area contributed by atoms with Crippen molar-refractivity contribution in [2.75, 3.05) is 32.6 Å². The molecule has 13 heteroatoms. The van der Waals surface area contributed by atoms with Crippen LogP contribution in [0.5, 0.6) is 11.6 Å². The van der Waals surface area contributed by atoms with E-state index in [4.69, 9.17) is 9.47 Å². The minimum absolute atomic E-state index is 0. The van der Waals surface area contributed by atoms with Gasteiger partial charge in [0.05, 0.1) is 18.8 Å². The van der Waals surface area contributed by atoms with Crippen molar-refractivity contribution < 1.29 is 32.2 Å². The predicted molar refractivity (Wildman–Crippen MR) is 159 cm³/mol. The Bertz CT molecular complexity index is 1490.